The van der Waals surface area contributed by atoms with Gasteiger partial charge in [-0.25, -0.2) is 18.5 Å². The van der Waals surface area contributed by atoms with Crippen LogP contribution in [-0.2, 0) is 28.3 Å². The lowest BCUT2D eigenvalue weighted by Gasteiger charge is -2.13. The van der Waals surface area contributed by atoms with Gasteiger partial charge < -0.3 is 5.32 Å². The molecule has 2 heterocycles. The van der Waals surface area contributed by atoms with Gasteiger partial charge in [0, 0.05) is 13.6 Å². The fourth-order valence-corrected chi connectivity index (χ4v) is 4.82. The number of rotatable bonds is 7. The summed E-state index contributed by atoms with van der Waals surface area (Å²) >= 11 is 2.57. The molecule has 0 aliphatic heterocycles. The first-order valence-electron chi connectivity index (χ1n) is 8.67. The molecule has 2 aromatic heterocycles. The molecule has 0 spiro atoms. The zero-order chi connectivity index (χ0) is 21.2. The van der Waals surface area contributed by atoms with Crippen molar-refractivity contribution < 1.29 is 13.2 Å². The molecule has 3 rings (SSSR count). The van der Waals surface area contributed by atoms with Crippen molar-refractivity contribution in [1.82, 2.24) is 14.9 Å². The first-order chi connectivity index (χ1) is 13.7. The number of thioether (sulfide) groups is 1. The summed E-state index contributed by atoms with van der Waals surface area (Å²) in [7, 11) is -2.07. The van der Waals surface area contributed by atoms with Gasteiger partial charge in [-0.15, -0.1) is 11.3 Å². The molecule has 0 fully saturated rings. The first-order valence-corrected chi connectivity index (χ1v) is 12.0. The second kappa shape index (κ2) is 8.66. The summed E-state index contributed by atoms with van der Waals surface area (Å²) in [4.78, 5) is 29.3. The van der Waals surface area contributed by atoms with E-state index in [-0.39, 0.29) is 16.4 Å². The number of primary sulfonamides is 1. The van der Waals surface area contributed by atoms with E-state index in [0.29, 0.717) is 28.3 Å². The molecule has 0 bridgehead atoms. The van der Waals surface area contributed by atoms with Crippen molar-refractivity contribution in [2.24, 2.45) is 12.2 Å². The average Bonchev–Trinajstić information content (AvgIpc) is 3.14. The lowest BCUT2D eigenvalue weighted by atomic mass is 10.1. The maximum absolute atomic E-state index is 12.4. The van der Waals surface area contributed by atoms with Crippen LogP contribution in [0.4, 0.5) is 0 Å². The molecule has 154 valence electrons. The summed E-state index contributed by atoms with van der Waals surface area (Å²) in [6.45, 7) is 2.15. The Morgan fingerprint density at radius 3 is 2.66 bits per heavy atom. The molecule has 0 aliphatic rings. The second-order valence-corrected chi connectivity index (χ2v) is 10.2. The normalized spacial score (nSPS) is 12.8. The van der Waals surface area contributed by atoms with Crippen molar-refractivity contribution in [1.29, 1.82) is 0 Å². The lowest BCUT2D eigenvalue weighted by Crippen LogP contribution is -2.33. The number of nitrogens with one attached hydrogen (secondary N) is 1. The van der Waals surface area contributed by atoms with Crippen molar-refractivity contribution in [3.8, 4) is 0 Å². The first kappa shape index (κ1) is 21.5. The Kier molecular flexibility index (Phi) is 6.42. The van der Waals surface area contributed by atoms with Gasteiger partial charge in [0.15, 0.2) is 5.16 Å². The third kappa shape index (κ3) is 5.04. The zero-order valence-electron chi connectivity index (χ0n) is 15.8. The second-order valence-electron chi connectivity index (χ2n) is 6.38. The quantitative estimate of drug-likeness (QED) is 0.413. The van der Waals surface area contributed by atoms with Gasteiger partial charge in [0.2, 0.25) is 15.9 Å². The number of hydrogen-bond acceptors (Lipinski definition) is 7. The number of carbonyl (C=O) groups is 1. The van der Waals surface area contributed by atoms with Crippen LogP contribution in [0, 0.1) is 0 Å². The third-order valence-corrected chi connectivity index (χ3v) is 7.23. The minimum Gasteiger partial charge on any atom is -0.355 e. The zero-order valence-corrected chi connectivity index (χ0v) is 18.2. The van der Waals surface area contributed by atoms with E-state index in [1.807, 2.05) is 5.38 Å². The molecular weight excluding hydrogens is 432 g/mol. The fourth-order valence-electron chi connectivity index (χ4n) is 2.60. The summed E-state index contributed by atoms with van der Waals surface area (Å²) in [5.41, 5.74) is 1.39. The highest BCUT2D eigenvalue weighted by molar-refractivity contribution is 8.00. The number of hydrogen-bond donors (Lipinski definition) is 2. The molecule has 1 aromatic carbocycles. The van der Waals surface area contributed by atoms with Crippen LogP contribution in [0.1, 0.15) is 12.5 Å². The standard InChI is InChI=1S/C18H20N4O4S3/c1-11(28-18-21-14-8-10-27-15(14)17(24)22(18)2)16(23)20-9-7-12-3-5-13(6-4-12)29(19,25)26/h3-6,8,10-11H,7,9H2,1-2H3,(H,20,23)(H2,19,25,26). The minimum absolute atomic E-state index is 0.0519. The molecule has 29 heavy (non-hydrogen) atoms. The van der Waals surface area contributed by atoms with Crippen molar-refractivity contribution in [2.75, 3.05) is 6.54 Å². The van der Waals surface area contributed by atoms with Gasteiger partial charge in [0.1, 0.15) is 4.70 Å². The minimum atomic E-state index is -3.71. The van der Waals surface area contributed by atoms with Gasteiger partial charge in [-0.1, -0.05) is 23.9 Å². The SMILES string of the molecule is CC(Sc1nc2ccsc2c(=O)n1C)C(=O)NCCc1ccc(S(N)(=O)=O)cc1. The van der Waals surface area contributed by atoms with Crippen LogP contribution in [-0.4, -0.2) is 35.7 Å². The summed E-state index contributed by atoms with van der Waals surface area (Å²) in [6.07, 6.45) is 0.547. The van der Waals surface area contributed by atoms with Crippen LogP contribution in [0.2, 0.25) is 0 Å². The Hall–Kier alpha value is -2.21. The maximum atomic E-state index is 12.4. The van der Waals surface area contributed by atoms with E-state index in [4.69, 9.17) is 5.14 Å². The third-order valence-electron chi connectivity index (χ3n) is 4.26. The predicted molar refractivity (Wildman–Crippen MR) is 115 cm³/mol. The molecule has 8 nitrogen and oxygen atoms in total. The highest BCUT2D eigenvalue weighted by Gasteiger charge is 2.18. The molecule has 3 aromatic rings. The Morgan fingerprint density at radius 2 is 2.00 bits per heavy atom. The van der Waals surface area contributed by atoms with Crippen LogP contribution in [0.5, 0.6) is 0 Å². The molecular formula is C18H20N4O4S3. The highest BCUT2D eigenvalue weighted by Crippen LogP contribution is 2.23. The van der Waals surface area contributed by atoms with E-state index >= 15 is 0 Å². The predicted octanol–water partition coefficient (Wildman–Crippen LogP) is 1.48. The van der Waals surface area contributed by atoms with Gasteiger partial charge >= 0.3 is 0 Å². The van der Waals surface area contributed by atoms with Crippen molar-refractivity contribution >= 4 is 49.2 Å². The van der Waals surface area contributed by atoms with Gasteiger partial charge in [-0.2, -0.15) is 0 Å². The summed E-state index contributed by atoms with van der Waals surface area (Å²) in [6, 6.07) is 8.01. The molecule has 11 heteroatoms. The summed E-state index contributed by atoms with van der Waals surface area (Å²) < 4.78 is 24.6. The summed E-state index contributed by atoms with van der Waals surface area (Å²) in [5, 5.41) is 9.79. The van der Waals surface area contributed by atoms with E-state index in [2.05, 4.69) is 10.3 Å². The van der Waals surface area contributed by atoms with E-state index in [1.165, 1.54) is 39.8 Å². The number of amides is 1. The van der Waals surface area contributed by atoms with Crippen LogP contribution in [0.15, 0.2) is 50.6 Å². The molecule has 1 unspecified atom stereocenters. The van der Waals surface area contributed by atoms with Crippen molar-refractivity contribution in [3.05, 3.63) is 51.6 Å². The van der Waals surface area contributed by atoms with E-state index in [0.717, 1.165) is 5.56 Å². The molecule has 0 radical (unpaired) electrons. The lowest BCUT2D eigenvalue weighted by molar-refractivity contribution is -0.120. The monoisotopic (exact) mass is 452 g/mol. The Morgan fingerprint density at radius 1 is 1.31 bits per heavy atom. The molecule has 0 saturated carbocycles. The van der Waals surface area contributed by atoms with Gasteiger partial charge in [-0.3, -0.25) is 14.2 Å². The number of aromatic nitrogens is 2. The number of benzene rings is 1. The number of thiophene rings is 1. The largest absolute Gasteiger partial charge is 0.355 e. The van der Waals surface area contributed by atoms with E-state index < -0.39 is 15.3 Å². The fraction of sp³-hybridized carbons (Fsp3) is 0.278. The Labute approximate surface area is 176 Å². The molecule has 1 atom stereocenters. The number of nitrogens with zero attached hydrogens (tertiary/aromatic N) is 2. The van der Waals surface area contributed by atoms with E-state index in [1.54, 1.807) is 32.2 Å². The Bertz CT molecular complexity index is 1200. The molecule has 1 amide bonds. The van der Waals surface area contributed by atoms with Crippen LogP contribution in [0.25, 0.3) is 10.2 Å². The number of carbonyl (C=O) groups excluding carboxylic acids is 1. The van der Waals surface area contributed by atoms with Crippen LogP contribution >= 0.6 is 23.1 Å². The average molecular weight is 453 g/mol. The van der Waals surface area contributed by atoms with Gasteiger partial charge in [-0.05, 0) is 42.5 Å². The van der Waals surface area contributed by atoms with Crippen LogP contribution in [0.3, 0.4) is 0 Å². The topological polar surface area (TPSA) is 124 Å². The smallest absolute Gasteiger partial charge is 0.271 e. The Balaban J connectivity index is 1.57. The maximum Gasteiger partial charge on any atom is 0.271 e. The number of sulfonamides is 1. The molecule has 0 aliphatic carbocycles. The van der Waals surface area contributed by atoms with Crippen LogP contribution < -0.4 is 16.0 Å². The molecule has 3 N–H and O–H groups in total. The van der Waals surface area contributed by atoms with Crippen molar-refractivity contribution in [3.63, 3.8) is 0 Å². The van der Waals surface area contributed by atoms with Gasteiger partial charge in [0.05, 0.1) is 15.7 Å². The number of fused-ring (bicyclic) bond motifs is 1. The number of nitrogens with two attached hydrogens (primary N) is 1. The molecule has 0 saturated heterocycles. The highest BCUT2D eigenvalue weighted by atomic mass is 32.2. The van der Waals surface area contributed by atoms with E-state index in [9.17, 15) is 18.0 Å². The van der Waals surface area contributed by atoms with Crippen molar-refractivity contribution in [2.45, 2.75) is 28.6 Å². The van der Waals surface area contributed by atoms with Gasteiger partial charge in [0.25, 0.3) is 5.56 Å². The summed E-state index contributed by atoms with van der Waals surface area (Å²) in [5.74, 6) is -0.171.